The summed E-state index contributed by atoms with van der Waals surface area (Å²) in [4.78, 5) is 9.39. The van der Waals surface area contributed by atoms with Gasteiger partial charge in [0.2, 0.25) is 0 Å². The molecule has 1 radical (unpaired) electrons. The smallest absolute Gasteiger partial charge is 0.121 e. The number of pyridine rings is 2. The third-order valence-electron chi connectivity index (χ3n) is 9.88. The minimum Gasteiger partial charge on any atom is -0.501 e. The van der Waals surface area contributed by atoms with Crippen LogP contribution in [0.3, 0.4) is 0 Å². The average molecular weight is 913 g/mol. The Hall–Kier alpha value is -4.93. The molecule has 0 N–H and O–H groups in total. The maximum Gasteiger partial charge on any atom is 0.121 e. The van der Waals surface area contributed by atoms with Gasteiger partial charge in [0.1, 0.15) is 5.58 Å². The number of nitrogens with zero attached hydrogens (tertiary/aromatic N) is 2. The first-order valence-electron chi connectivity index (χ1n) is 18.8. The van der Waals surface area contributed by atoms with Crippen molar-refractivity contribution in [2.45, 2.75) is 59.7 Å². The quantitative estimate of drug-likeness (QED) is 0.118. The maximum atomic E-state index is 6.41. The van der Waals surface area contributed by atoms with Crippen molar-refractivity contribution in [2.75, 3.05) is 0 Å². The molecule has 0 amide bonds. The predicted octanol–water partition coefficient (Wildman–Crippen LogP) is 12.9. The summed E-state index contributed by atoms with van der Waals surface area (Å²) in [5, 5.41) is 3.67. The van der Waals surface area contributed by atoms with Crippen LogP contribution in [0.2, 0.25) is 19.6 Å². The van der Waals surface area contributed by atoms with Gasteiger partial charge in [-0.15, -0.1) is 54.1 Å². The van der Waals surface area contributed by atoms with Crippen molar-refractivity contribution in [1.82, 2.24) is 9.97 Å². The molecule has 0 spiro atoms. The molecule has 0 aliphatic rings. The fourth-order valence-corrected chi connectivity index (χ4v) is 8.69. The SMILES string of the molecule is CC(C)(C)Cc1cc(-c2[c-]cccc2)ncc1[Si](C)(C)C.CC(c1ccccc1)c1ccnc(-c2[c-]ccc3c2oc2cc(-c4ccccc4)ccc23)c1.[Ir]. The molecule has 3 nitrogen and oxygen atoms in total. The van der Waals surface area contributed by atoms with E-state index in [0.717, 1.165) is 56.4 Å². The van der Waals surface area contributed by atoms with Gasteiger partial charge in [0, 0.05) is 43.8 Å². The Kier molecular flexibility index (Phi) is 12.2. The minimum atomic E-state index is -1.37. The first kappa shape index (κ1) is 39.8. The van der Waals surface area contributed by atoms with Crippen LogP contribution >= 0.6 is 0 Å². The van der Waals surface area contributed by atoms with Gasteiger partial charge < -0.3 is 14.4 Å². The van der Waals surface area contributed by atoms with Crippen LogP contribution in [0, 0.1) is 17.5 Å². The maximum absolute atomic E-state index is 6.41. The number of benzene rings is 5. The summed E-state index contributed by atoms with van der Waals surface area (Å²) in [7, 11) is -1.37. The van der Waals surface area contributed by atoms with Crippen molar-refractivity contribution in [3.05, 3.63) is 175 Å². The second-order valence-electron chi connectivity index (χ2n) is 16.4. The van der Waals surface area contributed by atoms with Crippen LogP contribution in [0.5, 0.6) is 0 Å². The fourth-order valence-electron chi connectivity index (χ4n) is 7.12. The molecule has 3 heterocycles. The molecule has 1 atom stereocenters. The van der Waals surface area contributed by atoms with Gasteiger partial charge in [-0.1, -0.05) is 149 Å². The standard InChI is InChI=1S/C31H22NO.C19H26NSi.Ir/c1-21(22-9-4-2-5-10-22)24-17-18-32-29(19-24)28-14-8-13-27-26-16-15-25(20-30(26)33-31(27)28)23-11-6-3-7-12-23;1-19(2,3)13-16-12-17(15-10-8-7-9-11-15)20-14-18(16)21(4,5)6;/h2-13,15-21H,1H3;7-10,12,14H,13H2,1-6H3;/q2*-1;. The average Bonchev–Trinajstić information content (AvgIpc) is 3.56. The Balaban J connectivity index is 0.000000204. The molecule has 0 aliphatic heterocycles. The molecule has 0 aliphatic carbocycles. The van der Waals surface area contributed by atoms with Gasteiger partial charge in [-0.25, -0.2) is 0 Å². The number of fused-ring (bicyclic) bond motifs is 3. The minimum absolute atomic E-state index is 0. The molecule has 0 saturated carbocycles. The molecule has 0 fully saturated rings. The van der Waals surface area contributed by atoms with Crippen LogP contribution in [0.4, 0.5) is 0 Å². The zero-order chi connectivity index (χ0) is 37.9. The number of furan rings is 1. The predicted molar refractivity (Wildman–Crippen MR) is 230 cm³/mol. The van der Waals surface area contributed by atoms with E-state index in [0.29, 0.717) is 0 Å². The first-order valence-corrected chi connectivity index (χ1v) is 22.3. The third-order valence-corrected chi connectivity index (χ3v) is 11.9. The van der Waals surface area contributed by atoms with E-state index in [1.165, 1.54) is 27.4 Å². The molecule has 5 aromatic carbocycles. The normalized spacial score (nSPS) is 12.1. The van der Waals surface area contributed by atoms with Crippen molar-refractivity contribution in [3.8, 4) is 33.6 Å². The fraction of sp³-hybridized carbons (Fsp3) is 0.200. The van der Waals surface area contributed by atoms with Gasteiger partial charge in [0.05, 0.1) is 13.7 Å². The largest absolute Gasteiger partial charge is 0.501 e. The molecular formula is C50H48IrN2OSi-2. The van der Waals surface area contributed by atoms with Crippen LogP contribution in [-0.4, -0.2) is 18.0 Å². The molecule has 55 heavy (non-hydrogen) atoms. The summed E-state index contributed by atoms with van der Waals surface area (Å²) in [6, 6.07) is 52.7. The van der Waals surface area contributed by atoms with Crippen LogP contribution < -0.4 is 5.19 Å². The van der Waals surface area contributed by atoms with E-state index in [2.05, 4.69) is 174 Å². The second kappa shape index (κ2) is 16.8. The molecule has 8 rings (SSSR count). The summed E-state index contributed by atoms with van der Waals surface area (Å²) in [6.45, 7) is 16.3. The van der Waals surface area contributed by atoms with Gasteiger partial charge in [-0.05, 0) is 62.8 Å². The Bertz CT molecular complexity index is 2500. The Morgan fingerprint density at radius 1 is 0.673 bits per heavy atom. The zero-order valence-electron chi connectivity index (χ0n) is 32.8. The number of aromatic nitrogens is 2. The Labute approximate surface area is 341 Å². The topological polar surface area (TPSA) is 38.9 Å². The van der Waals surface area contributed by atoms with Gasteiger partial charge in [-0.3, -0.25) is 0 Å². The summed E-state index contributed by atoms with van der Waals surface area (Å²) < 4.78 is 6.41. The van der Waals surface area contributed by atoms with E-state index in [4.69, 9.17) is 9.40 Å². The molecule has 279 valence electrons. The van der Waals surface area contributed by atoms with Gasteiger partial charge >= 0.3 is 0 Å². The number of rotatable bonds is 7. The van der Waals surface area contributed by atoms with Crippen LogP contribution in [0.15, 0.2) is 150 Å². The summed E-state index contributed by atoms with van der Waals surface area (Å²) in [5.41, 5.74) is 12.2. The van der Waals surface area contributed by atoms with Gasteiger partial charge in [-0.2, -0.15) is 0 Å². The molecule has 1 unspecified atom stereocenters. The molecule has 5 heteroatoms. The summed E-state index contributed by atoms with van der Waals surface area (Å²) in [6.07, 6.45) is 5.09. The summed E-state index contributed by atoms with van der Waals surface area (Å²) in [5.74, 6) is 0.274. The van der Waals surface area contributed by atoms with E-state index in [9.17, 15) is 0 Å². The van der Waals surface area contributed by atoms with Crippen LogP contribution in [-0.2, 0) is 26.5 Å². The van der Waals surface area contributed by atoms with E-state index in [-0.39, 0.29) is 31.4 Å². The number of hydrogen-bond acceptors (Lipinski definition) is 3. The monoisotopic (exact) mass is 913 g/mol. The zero-order valence-corrected chi connectivity index (χ0v) is 36.2. The van der Waals surface area contributed by atoms with Crippen molar-refractivity contribution >= 4 is 35.2 Å². The van der Waals surface area contributed by atoms with Crippen molar-refractivity contribution in [3.63, 3.8) is 0 Å². The molecule has 8 aromatic rings. The van der Waals surface area contributed by atoms with Crippen molar-refractivity contribution < 1.29 is 24.5 Å². The van der Waals surface area contributed by atoms with E-state index < -0.39 is 8.07 Å². The Morgan fingerprint density at radius 3 is 2.09 bits per heavy atom. The third kappa shape index (κ3) is 9.31. The van der Waals surface area contributed by atoms with E-state index >= 15 is 0 Å². The van der Waals surface area contributed by atoms with E-state index in [1.54, 1.807) is 0 Å². The number of hydrogen-bond donors (Lipinski definition) is 0. The summed E-state index contributed by atoms with van der Waals surface area (Å²) >= 11 is 0. The van der Waals surface area contributed by atoms with Crippen LogP contribution in [0.1, 0.15) is 50.3 Å². The van der Waals surface area contributed by atoms with Gasteiger partial charge in [0.15, 0.2) is 0 Å². The first-order chi connectivity index (χ1) is 25.9. The van der Waals surface area contributed by atoms with Crippen molar-refractivity contribution in [2.24, 2.45) is 5.41 Å². The van der Waals surface area contributed by atoms with Crippen LogP contribution in [0.25, 0.3) is 55.6 Å². The van der Waals surface area contributed by atoms with Crippen molar-refractivity contribution in [1.29, 1.82) is 0 Å². The van der Waals surface area contributed by atoms with Gasteiger partial charge in [0.25, 0.3) is 0 Å². The Morgan fingerprint density at radius 2 is 1.40 bits per heavy atom. The molecule has 3 aromatic heterocycles. The molecule has 0 saturated heterocycles. The van der Waals surface area contributed by atoms with E-state index in [1.807, 2.05) is 36.5 Å². The molecule has 0 bridgehead atoms. The second-order valence-corrected chi connectivity index (χ2v) is 21.4. The molecular weight excluding hydrogens is 865 g/mol.